The quantitative estimate of drug-likeness (QED) is 0.735. The van der Waals surface area contributed by atoms with Gasteiger partial charge >= 0.3 is 0 Å². The predicted molar refractivity (Wildman–Crippen MR) is 110 cm³/mol. The first-order valence-electron chi connectivity index (χ1n) is 9.18. The van der Waals surface area contributed by atoms with Gasteiger partial charge in [0, 0.05) is 25.8 Å². The van der Waals surface area contributed by atoms with Gasteiger partial charge in [0.15, 0.2) is 9.84 Å². The van der Waals surface area contributed by atoms with Crippen molar-refractivity contribution < 1.29 is 13.2 Å². The number of rotatable bonds is 4. The second-order valence-corrected chi connectivity index (χ2v) is 9.17. The molecule has 4 rings (SSSR count). The van der Waals surface area contributed by atoms with Gasteiger partial charge in [-0.25, -0.2) is 13.4 Å². The van der Waals surface area contributed by atoms with E-state index in [9.17, 15) is 13.2 Å². The van der Waals surface area contributed by atoms with Crippen LogP contribution in [0.5, 0.6) is 0 Å². The van der Waals surface area contributed by atoms with Crippen molar-refractivity contribution in [2.24, 2.45) is 0 Å². The molecule has 144 valence electrons. The zero-order valence-corrected chi connectivity index (χ0v) is 16.2. The largest absolute Gasteiger partial charge is 0.366 e. The maximum Gasteiger partial charge on any atom is 0.255 e. The molecule has 1 saturated heterocycles. The van der Waals surface area contributed by atoms with Crippen molar-refractivity contribution in [3.8, 4) is 0 Å². The van der Waals surface area contributed by atoms with Crippen molar-refractivity contribution >= 4 is 32.3 Å². The molecule has 1 fully saturated rings. The van der Waals surface area contributed by atoms with E-state index in [2.05, 4.69) is 34.6 Å². The van der Waals surface area contributed by atoms with E-state index in [1.807, 2.05) is 18.2 Å². The molecule has 1 N–H and O–H groups in total. The molecule has 1 amide bonds. The molecule has 1 aromatic heterocycles. The highest BCUT2D eigenvalue weighted by molar-refractivity contribution is 7.91. The molecular weight excluding hydrogens is 374 g/mol. The lowest BCUT2D eigenvalue weighted by molar-refractivity contribution is 0.0770. The van der Waals surface area contributed by atoms with Crippen LogP contribution in [-0.2, 0) is 16.4 Å². The molecule has 0 spiro atoms. The van der Waals surface area contributed by atoms with Crippen molar-refractivity contribution in [1.82, 2.24) is 9.88 Å². The first-order chi connectivity index (χ1) is 13.5. The fourth-order valence-electron chi connectivity index (χ4n) is 3.36. The van der Waals surface area contributed by atoms with E-state index in [0.717, 1.165) is 0 Å². The number of amides is 1. The van der Waals surface area contributed by atoms with E-state index in [0.29, 0.717) is 17.9 Å². The number of nitrogens with one attached hydrogen (secondary N) is 1. The number of hydrogen-bond donors (Lipinski definition) is 1. The van der Waals surface area contributed by atoms with Crippen molar-refractivity contribution in [3.05, 3.63) is 71.9 Å². The Labute approximate surface area is 164 Å². The predicted octanol–water partition coefficient (Wildman–Crippen LogP) is 2.72. The highest BCUT2D eigenvalue weighted by Gasteiger charge is 2.25. The van der Waals surface area contributed by atoms with Crippen LogP contribution in [0.1, 0.15) is 15.9 Å². The maximum absolute atomic E-state index is 12.5. The average Bonchev–Trinajstić information content (AvgIpc) is 2.72. The minimum atomic E-state index is -3.01. The summed E-state index contributed by atoms with van der Waals surface area (Å²) < 4.78 is 23.0. The average molecular weight is 395 g/mol. The van der Waals surface area contributed by atoms with Crippen LogP contribution in [0.25, 0.3) is 10.8 Å². The van der Waals surface area contributed by atoms with Gasteiger partial charge in [-0.2, -0.15) is 0 Å². The second-order valence-electron chi connectivity index (χ2n) is 6.87. The summed E-state index contributed by atoms with van der Waals surface area (Å²) in [6.45, 7) is 1.11. The molecule has 0 atom stereocenters. The molecule has 0 radical (unpaired) electrons. The van der Waals surface area contributed by atoms with Crippen molar-refractivity contribution in [1.29, 1.82) is 0 Å². The van der Waals surface area contributed by atoms with Gasteiger partial charge in [-0.15, -0.1) is 0 Å². The molecule has 7 heteroatoms. The Kier molecular flexibility index (Phi) is 5.00. The summed E-state index contributed by atoms with van der Waals surface area (Å²) >= 11 is 0. The Morgan fingerprint density at radius 1 is 1.00 bits per heavy atom. The number of anilines is 1. The summed E-state index contributed by atoms with van der Waals surface area (Å²) in [4.78, 5) is 18.4. The van der Waals surface area contributed by atoms with Gasteiger partial charge in [0.2, 0.25) is 0 Å². The van der Waals surface area contributed by atoms with E-state index >= 15 is 0 Å². The lowest BCUT2D eigenvalue weighted by Gasteiger charge is -2.26. The molecule has 0 unspecified atom stereocenters. The van der Waals surface area contributed by atoms with Crippen molar-refractivity contribution in [2.75, 3.05) is 29.9 Å². The van der Waals surface area contributed by atoms with Crippen LogP contribution in [0.3, 0.4) is 0 Å². The number of carbonyl (C=O) groups excluding carboxylic acids is 1. The number of nitrogens with zero attached hydrogens (tertiary/aromatic N) is 2. The lowest BCUT2D eigenvalue weighted by Crippen LogP contribution is -2.43. The van der Waals surface area contributed by atoms with Crippen LogP contribution in [0, 0.1) is 0 Å². The third-order valence-electron chi connectivity index (χ3n) is 4.98. The summed E-state index contributed by atoms with van der Waals surface area (Å²) in [7, 11) is -3.01. The van der Waals surface area contributed by atoms with Crippen LogP contribution >= 0.6 is 0 Å². The molecule has 6 nitrogen and oxygen atoms in total. The number of pyridine rings is 1. The first kappa shape index (κ1) is 18.4. The SMILES string of the molecule is O=C(c1ccc(NCc2cccc3ccccc23)nc1)N1CCS(=O)(=O)CC1. The van der Waals surface area contributed by atoms with E-state index in [1.165, 1.54) is 22.5 Å². The third kappa shape index (κ3) is 3.99. The number of fused-ring (bicyclic) bond motifs is 1. The van der Waals surface area contributed by atoms with Crippen molar-refractivity contribution in [2.45, 2.75) is 6.54 Å². The summed E-state index contributed by atoms with van der Waals surface area (Å²) in [5.41, 5.74) is 1.64. The van der Waals surface area contributed by atoms with Crippen LogP contribution in [0.2, 0.25) is 0 Å². The van der Waals surface area contributed by atoms with Gasteiger partial charge in [0.05, 0.1) is 17.1 Å². The second kappa shape index (κ2) is 7.59. The van der Waals surface area contributed by atoms with Crippen LogP contribution in [-0.4, -0.2) is 48.8 Å². The molecule has 3 aromatic rings. The Balaban J connectivity index is 1.41. The Bertz CT molecular complexity index is 1090. The fourth-order valence-corrected chi connectivity index (χ4v) is 4.56. The standard InChI is InChI=1S/C21H21N3O3S/c25-21(24-10-12-28(26,27)13-11-24)18-8-9-20(23-15-18)22-14-17-6-3-5-16-4-1-2-7-19(16)17/h1-9,15H,10-14H2,(H,22,23). The topological polar surface area (TPSA) is 79.4 Å². The molecule has 28 heavy (non-hydrogen) atoms. The van der Waals surface area contributed by atoms with Crippen LogP contribution in [0.4, 0.5) is 5.82 Å². The minimum Gasteiger partial charge on any atom is -0.366 e. The smallest absolute Gasteiger partial charge is 0.255 e. The number of sulfone groups is 1. The van der Waals surface area contributed by atoms with Crippen LogP contribution < -0.4 is 5.32 Å². The summed E-state index contributed by atoms with van der Waals surface area (Å²) in [6.07, 6.45) is 1.54. The molecule has 0 aliphatic carbocycles. The normalized spacial score (nSPS) is 16.1. The van der Waals surface area contributed by atoms with Gasteiger partial charge in [-0.1, -0.05) is 42.5 Å². The number of hydrogen-bond acceptors (Lipinski definition) is 5. The first-order valence-corrected chi connectivity index (χ1v) is 11.0. The van der Waals surface area contributed by atoms with Gasteiger partial charge in [0.25, 0.3) is 5.91 Å². The highest BCUT2D eigenvalue weighted by atomic mass is 32.2. The highest BCUT2D eigenvalue weighted by Crippen LogP contribution is 2.19. The van der Waals surface area contributed by atoms with Crippen LogP contribution in [0.15, 0.2) is 60.8 Å². The molecular formula is C21H21N3O3S. The van der Waals surface area contributed by atoms with E-state index in [4.69, 9.17) is 0 Å². The number of carbonyl (C=O) groups is 1. The molecule has 1 aliphatic heterocycles. The Morgan fingerprint density at radius 2 is 1.75 bits per heavy atom. The number of benzene rings is 2. The van der Waals surface area contributed by atoms with Crippen molar-refractivity contribution in [3.63, 3.8) is 0 Å². The lowest BCUT2D eigenvalue weighted by atomic mass is 10.0. The maximum atomic E-state index is 12.5. The van der Waals surface area contributed by atoms with Gasteiger partial charge in [-0.3, -0.25) is 4.79 Å². The van der Waals surface area contributed by atoms with E-state index < -0.39 is 9.84 Å². The Morgan fingerprint density at radius 3 is 2.50 bits per heavy atom. The molecule has 2 aromatic carbocycles. The monoisotopic (exact) mass is 395 g/mol. The summed E-state index contributed by atoms with van der Waals surface area (Å²) in [5.74, 6) is 0.557. The van der Waals surface area contributed by atoms with E-state index in [-0.39, 0.29) is 30.5 Å². The summed E-state index contributed by atoms with van der Waals surface area (Å²) in [6, 6.07) is 17.9. The molecule has 2 heterocycles. The molecule has 1 aliphatic rings. The third-order valence-corrected chi connectivity index (χ3v) is 6.59. The fraction of sp³-hybridized carbons (Fsp3) is 0.238. The van der Waals surface area contributed by atoms with Gasteiger partial charge in [0.1, 0.15) is 5.82 Å². The molecule has 0 bridgehead atoms. The Hall–Kier alpha value is -2.93. The zero-order chi connectivity index (χ0) is 19.6. The summed E-state index contributed by atoms with van der Waals surface area (Å²) in [5, 5.41) is 5.69. The number of aromatic nitrogens is 1. The molecule has 0 saturated carbocycles. The van der Waals surface area contributed by atoms with Gasteiger partial charge in [-0.05, 0) is 28.5 Å². The zero-order valence-electron chi connectivity index (χ0n) is 15.3. The minimum absolute atomic E-state index is 0.0246. The van der Waals surface area contributed by atoms with E-state index in [1.54, 1.807) is 17.0 Å². The van der Waals surface area contributed by atoms with Gasteiger partial charge < -0.3 is 10.2 Å².